The highest BCUT2D eigenvalue weighted by Gasteiger charge is 2.20. The first-order chi connectivity index (χ1) is 10.8. The van der Waals surface area contributed by atoms with Gasteiger partial charge in [-0.2, -0.15) is 0 Å². The van der Waals surface area contributed by atoms with Crippen LogP contribution < -0.4 is 12.4 Å². The number of hydrogen-bond donors (Lipinski definition) is 0. The van der Waals surface area contributed by atoms with Crippen LogP contribution in [0.15, 0.2) is 53.1 Å². The SMILES string of the molecule is O=C(CCN1CCC(Cc2ccccc2)CC1)c1ccco1.[Cl-]. The highest BCUT2D eigenvalue weighted by molar-refractivity contribution is 5.93. The molecule has 1 aromatic carbocycles. The van der Waals surface area contributed by atoms with Gasteiger partial charge in [0.1, 0.15) is 0 Å². The number of halogens is 1. The van der Waals surface area contributed by atoms with Crippen molar-refractivity contribution in [2.75, 3.05) is 19.6 Å². The summed E-state index contributed by atoms with van der Waals surface area (Å²) in [6.07, 6.45) is 5.74. The Morgan fingerprint density at radius 1 is 1.09 bits per heavy atom. The lowest BCUT2D eigenvalue weighted by Gasteiger charge is -2.31. The quantitative estimate of drug-likeness (QED) is 0.734. The van der Waals surface area contributed by atoms with Crippen molar-refractivity contribution < 1.29 is 21.6 Å². The first kappa shape index (κ1) is 17.8. The van der Waals surface area contributed by atoms with E-state index in [2.05, 4.69) is 35.2 Å². The molecule has 1 saturated heterocycles. The molecule has 2 heterocycles. The molecule has 0 saturated carbocycles. The Balaban J connectivity index is 0.00000192. The van der Waals surface area contributed by atoms with Gasteiger partial charge in [-0.1, -0.05) is 30.3 Å². The molecule has 124 valence electrons. The summed E-state index contributed by atoms with van der Waals surface area (Å²) < 4.78 is 5.15. The Hall–Kier alpha value is -1.58. The van der Waals surface area contributed by atoms with Gasteiger partial charge in [0.05, 0.1) is 6.26 Å². The highest BCUT2D eigenvalue weighted by Crippen LogP contribution is 2.21. The van der Waals surface area contributed by atoms with Crippen LogP contribution in [0.25, 0.3) is 0 Å². The Morgan fingerprint density at radius 2 is 1.83 bits per heavy atom. The van der Waals surface area contributed by atoms with Crippen LogP contribution in [-0.2, 0) is 6.42 Å². The number of ketones is 1. The van der Waals surface area contributed by atoms with Gasteiger partial charge < -0.3 is 21.7 Å². The Morgan fingerprint density at radius 3 is 2.48 bits per heavy atom. The molecule has 23 heavy (non-hydrogen) atoms. The third kappa shape index (κ3) is 5.22. The van der Waals surface area contributed by atoms with E-state index in [9.17, 15) is 4.79 Å². The van der Waals surface area contributed by atoms with Gasteiger partial charge in [0.2, 0.25) is 0 Å². The molecule has 0 amide bonds. The lowest BCUT2D eigenvalue weighted by atomic mass is 9.90. The van der Waals surface area contributed by atoms with Gasteiger partial charge in [-0.3, -0.25) is 4.79 Å². The van der Waals surface area contributed by atoms with Crippen LogP contribution in [0.2, 0.25) is 0 Å². The molecule has 4 heteroatoms. The van der Waals surface area contributed by atoms with E-state index in [0.717, 1.165) is 25.6 Å². The van der Waals surface area contributed by atoms with E-state index in [0.29, 0.717) is 12.2 Å². The van der Waals surface area contributed by atoms with Crippen molar-refractivity contribution in [3.8, 4) is 0 Å². The molecule has 2 aromatic rings. The van der Waals surface area contributed by atoms with Crippen LogP contribution in [0.5, 0.6) is 0 Å². The fourth-order valence-electron chi connectivity index (χ4n) is 3.18. The smallest absolute Gasteiger partial charge is 0.199 e. The van der Waals surface area contributed by atoms with Crippen molar-refractivity contribution in [3.63, 3.8) is 0 Å². The molecule has 0 bridgehead atoms. The fraction of sp³-hybridized carbons (Fsp3) is 0.421. The predicted molar refractivity (Wildman–Crippen MR) is 87.0 cm³/mol. The lowest BCUT2D eigenvalue weighted by Crippen LogP contribution is -3.00. The van der Waals surface area contributed by atoms with E-state index in [1.54, 1.807) is 18.4 Å². The second-order valence-electron chi connectivity index (χ2n) is 6.13. The highest BCUT2D eigenvalue weighted by atomic mass is 35.5. The number of likely N-dealkylation sites (tertiary alicyclic amines) is 1. The maximum Gasteiger partial charge on any atom is 0.199 e. The molecule has 1 fully saturated rings. The predicted octanol–water partition coefficient (Wildman–Crippen LogP) is 0.811. The molecule has 0 aliphatic carbocycles. The number of furan rings is 1. The zero-order valence-electron chi connectivity index (χ0n) is 13.3. The Labute approximate surface area is 144 Å². The largest absolute Gasteiger partial charge is 1.00 e. The van der Waals surface area contributed by atoms with Crippen LogP contribution in [0.1, 0.15) is 35.4 Å². The number of Topliss-reactive ketones (excluding diaryl/α,β-unsaturated/α-hetero) is 1. The van der Waals surface area contributed by atoms with Crippen LogP contribution in [-0.4, -0.2) is 30.3 Å². The van der Waals surface area contributed by atoms with E-state index in [-0.39, 0.29) is 18.2 Å². The first-order valence-corrected chi connectivity index (χ1v) is 8.14. The third-order valence-corrected chi connectivity index (χ3v) is 4.53. The molecule has 3 nitrogen and oxygen atoms in total. The third-order valence-electron chi connectivity index (χ3n) is 4.53. The maximum absolute atomic E-state index is 11.9. The number of nitrogens with zero attached hydrogens (tertiary/aromatic N) is 1. The van der Waals surface area contributed by atoms with Gasteiger partial charge >= 0.3 is 0 Å². The lowest BCUT2D eigenvalue weighted by molar-refractivity contribution is -0.0000128. The van der Waals surface area contributed by atoms with E-state index in [1.165, 1.54) is 24.8 Å². The van der Waals surface area contributed by atoms with E-state index < -0.39 is 0 Å². The van der Waals surface area contributed by atoms with Crippen LogP contribution >= 0.6 is 0 Å². The summed E-state index contributed by atoms with van der Waals surface area (Å²) >= 11 is 0. The first-order valence-electron chi connectivity index (χ1n) is 8.14. The molecule has 0 unspecified atom stereocenters. The summed E-state index contributed by atoms with van der Waals surface area (Å²) in [5.41, 5.74) is 1.44. The molecular formula is C19H23ClNO2-. The number of benzene rings is 1. The zero-order chi connectivity index (χ0) is 15.2. The topological polar surface area (TPSA) is 33.5 Å². The molecular weight excluding hydrogens is 310 g/mol. The van der Waals surface area contributed by atoms with Crippen molar-refractivity contribution in [1.29, 1.82) is 0 Å². The van der Waals surface area contributed by atoms with Gasteiger partial charge in [0.15, 0.2) is 11.5 Å². The number of hydrogen-bond acceptors (Lipinski definition) is 3. The van der Waals surface area contributed by atoms with Crippen molar-refractivity contribution in [1.82, 2.24) is 4.90 Å². The summed E-state index contributed by atoms with van der Waals surface area (Å²) in [5, 5.41) is 0. The van der Waals surface area contributed by atoms with Gasteiger partial charge in [0, 0.05) is 13.0 Å². The summed E-state index contributed by atoms with van der Waals surface area (Å²) in [6, 6.07) is 14.2. The van der Waals surface area contributed by atoms with Gasteiger partial charge in [-0.25, -0.2) is 0 Å². The molecule has 1 aliphatic rings. The maximum atomic E-state index is 11.9. The Bertz CT molecular complexity index is 575. The number of carbonyl (C=O) groups excluding carboxylic acids is 1. The average Bonchev–Trinajstić information content (AvgIpc) is 3.09. The van der Waals surface area contributed by atoms with Crippen LogP contribution in [0.4, 0.5) is 0 Å². The monoisotopic (exact) mass is 332 g/mol. The molecule has 0 N–H and O–H groups in total. The van der Waals surface area contributed by atoms with Crippen molar-refractivity contribution in [3.05, 3.63) is 60.1 Å². The number of carbonyl (C=O) groups is 1. The fourth-order valence-corrected chi connectivity index (χ4v) is 3.18. The average molecular weight is 333 g/mol. The second kappa shape index (κ2) is 8.90. The number of rotatable bonds is 6. The van der Waals surface area contributed by atoms with Crippen molar-refractivity contribution >= 4 is 5.78 Å². The second-order valence-corrected chi connectivity index (χ2v) is 6.13. The summed E-state index contributed by atoms with van der Waals surface area (Å²) in [5.74, 6) is 1.37. The molecule has 0 atom stereocenters. The number of piperidine rings is 1. The minimum Gasteiger partial charge on any atom is -1.00 e. The molecule has 1 aromatic heterocycles. The van der Waals surface area contributed by atoms with Crippen molar-refractivity contribution in [2.45, 2.75) is 25.7 Å². The molecule has 3 rings (SSSR count). The van der Waals surface area contributed by atoms with Crippen LogP contribution in [0, 0.1) is 5.92 Å². The molecule has 0 radical (unpaired) electrons. The normalized spacial score (nSPS) is 16.0. The summed E-state index contributed by atoms with van der Waals surface area (Å²) in [7, 11) is 0. The minimum absolute atomic E-state index is 0. The van der Waals surface area contributed by atoms with Gasteiger partial charge in [0.25, 0.3) is 0 Å². The molecule has 1 aliphatic heterocycles. The summed E-state index contributed by atoms with van der Waals surface area (Å²) in [6.45, 7) is 3.05. The molecule has 0 spiro atoms. The Kier molecular flexibility index (Phi) is 6.87. The van der Waals surface area contributed by atoms with Gasteiger partial charge in [-0.15, -0.1) is 0 Å². The summed E-state index contributed by atoms with van der Waals surface area (Å²) in [4.78, 5) is 14.3. The van der Waals surface area contributed by atoms with E-state index >= 15 is 0 Å². The van der Waals surface area contributed by atoms with Gasteiger partial charge in [-0.05, 0) is 56.0 Å². The van der Waals surface area contributed by atoms with Crippen LogP contribution in [0.3, 0.4) is 0 Å². The standard InChI is InChI=1S/C19H23NO2.ClH/c21-18(19-7-4-14-22-19)10-13-20-11-8-17(9-12-20)15-16-5-2-1-3-6-16;/h1-7,14,17H,8-13,15H2;1H/p-1. The van der Waals surface area contributed by atoms with E-state index in [1.807, 2.05) is 0 Å². The van der Waals surface area contributed by atoms with E-state index in [4.69, 9.17) is 4.42 Å². The van der Waals surface area contributed by atoms with Crippen molar-refractivity contribution in [2.24, 2.45) is 5.92 Å². The minimum atomic E-state index is 0. The zero-order valence-corrected chi connectivity index (χ0v) is 14.0.